The predicted molar refractivity (Wildman–Crippen MR) is 77.5 cm³/mol. The Hall–Kier alpha value is -1.06. The number of hydrogen-bond acceptors (Lipinski definition) is 3. The van der Waals surface area contributed by atoms with E-state index in [-0.39, 0.29) is 18.2 Å². The quantitative estimate of drug-likeness (QED) is 0.727. The molecule has 2 atom stereocenters. The van der Waals surface area contributed by atoms with Crippen LogP contribution in [0.3, 0.4) is 0 Å². The van der Waals surface area contributed by atoms with Gasteiger partial charge in [-0.3, -0.25) is 4.90 Å². The van der Waals surface area contributed by atoms with Gasteiger partial charge < -0.3 is 9.53 Å². The SMILES string of the molecule is CC(C)(C)OC(=O)N1[C@@H](C=O)CC[C@H]1C1CCCCC1. The highest BCUT2D eigenvalue weighted by Gasteiger charge is 2.42. The summed E-state index contributed by atoms with van der Waals surface area (Å²) >= 11 is 0. The fourth-order valence-corrected chi connectivity index (χ4v) is 3.57. The average Bonchev–Trinajstić information content (AvgIpc) is 2.81. The van der Waals surface area contributed by atoms with Crippen molar-refractivity contribution < 1.29 is 14.3 Å². The van der Waals surface area contributed by atoms with Crippen LogP contribution in [0.15, 0.2) is 0 Å². The summed E-state index contributed by atoms with van der Waals surface area (Å²) in [5, 5.41) is 0. The van der Waals surface area contributed by atoms with Gasteiger partial charge in [0.1, 0.15) is 11.9 Å². The van der Waals surface area contributed by atoms with Gasteiger partial charge in [-0.25, -0.2) is 4.79 Å². The average molecular weight is 281 g/mol. The monoisotopic (exact) mass is 281 g/mol. The van der Waals surface area contributed by atoms with E-state index < -0.39 is 5.60 Å². The molecule has 2 aliphatic rings. The first-order chi connectivity index (χ1) is 9.42. The largest absolute Gasteiger partial charge is 0.444 e. The van der Waals surface area contributed by atoms with Crippen LogP contribution < -0.4 is 0 Å². The number of nitrogens with zero attached hydrogens (tertiary/aromatic N) is 1. The number of aldehydes is 1. The molecule has 0 radical (unpaired) electrons. The second kappa shape index (κ2) is 6.15. The van der Waals surface area contributed by atoms with Crippen LogP contribution in [0.2, 0.25) is 0 Å². The Kier molecular flexibility index (Phi) is 4.71. The summed E-state index contributed by atoms with van der Waals surface area (Å²) in [5.74, 6) is 0.543. The van der Waals surface area contributed by atoms with Crippen molar-refractivity contribution in [2.24, 2.45) is 5.92 Å². The van der Waals surface area contributed by atoms with Gasteiger partial charge in [0, 0.05) is 6.04 Å². The molecule has 0 spiro atoms. The third-order valence-corrected chi connectivity index (χ3v) is 4.43. The summed E-state index contributed by atoms with van der Waals surface area (Å²) in [6, 6.07) is -0.0999. The van der Waals surface area contributed by atoms with Crippen molar-refractivity contribution in [3.63, 3.8) is 0 Å². The Morgan fingerprint density at radius 1 is 1.10 bits per heavy atom. The Balaban J connectivity index is 2.10. The van der Waals surface area contributed by atoms with Crippen molar-refractivity contribution in [3.8, 4) is 0 Å². The van der Waals surface area contributed by atoms with Gasteiger partial charge in [-0.15, -0.1) is 0 Å². The lowest BCUT2D eigenvalue weighted by Gasteiger charge is -2.36. The highest BCUT2D eigenvalue weighted by atomic mass is 16.6. The maximum Gasteiger partial charge on any atom is 0.411 e. The molecule has 4 nitrogen and oxygen atoms in total. The van der Waals surface area contributed by atoms with Gasteiger partial charge >= 0.3 is 6.09 Å². The van der Waals surface area contributed by atoms with E-state index in [9.17, 15) is 9.59 Å². The van der Waals surface area contributed by atoms with Crippen LogP contribution in [0.5, 0.6) is 0 Å². The maximum atomic E-state index is 12.4. The third kappa shape index (κ3) is 3.53. The second-order valence-corrected chi connectivity index (χ2v) is 7.13. The first-order valence-electron chi connectivity index (χ1n) is 7.89. The topological polar surface area (TPSA) is 46.6 Å². The number of hydrogen-bond donors (Lipinski definition) is 0. The molecular formula is C16H27NO3. The zero-order valence-electron chi connectivity index (χ0n) is 12.9. The van der Waals surface area contributed by atoms with Crippen molar-refractivity contribution in [3.05, 3.63) is 0 Å². The lowest BCUT2D eigenvalue weighted by Crippen LogP contribution is -2.47. The molecule has 20 heavy (non-hydrogen) atoms. The molecule has 1 saturated heterocycles. The number of likely N-dealkylation sites (tertiary alicyclic amines) is 1. The Morgan fingerprint density at radius 2 is 1.75 bits per heavy atom. The van der Waals surface area contributed by atoms with Crippen LogP contribution in [0, 0.1) is 5.92 Å². The molecule has 0 unspecified atom stereocenters. The summed E-state index contributed by atoms with van der Waals surface area (Å²) in [4.78, 5) is 25.4. The van der Waals surface area contributed by atoms with Gasteiger partial charge in [-0.1, -0.05) is 19.3 Å². The first kappa shape index (κ1) is 15.3. The van der Waals surface area contributed by atoms with Crippen molar-refractivity contribution in [2.45, 2.75) is 83.4 Å². The van der Waals surface area contributed by atoms with E-state index in [4.69, 9.17) is 4.74 Å². The molecule has 0 bridgehead atoms. The maximum absolute atomic E-state index is 12.4. The smallest absolute Gasteiger partial charge is 0.411 e. The van der Waals surface area contributed by atoms with E-state index in [2.05, 4.69) is 0 Å². The number of carbonyl (C=O) groups excluding carboxylic acids is 2. The van der Waals surface area contributed by atoms with Gasteiger partial charge in [0.25, 0.3) is 0 Å². The van der Waals surface area contributed by atoms with Crippen LogP contribution in [0.25, 0.3) is 0 Å². The van der Waals surface area contributed by atoms with Gasteiger partial charge in [-0.2, -0.15) is 0 Å². The molecule has 1 heterocycles. The van der Waals surface area contributed by atoms with Gasteiger partial charge in [0.05, 0.1) is 6.04 Å². The number of carbonyl (C=O) groups is 2. The molecular weight excluding hydrogens is 254 g/mol. The van der Waals surface area contributed by atoms with Gasteiger partial charge in [0.2, 0.25) is 0 Å². The minimum absolute atomic E-state index is 0.195. The molecule has 0 aromatic carbocycles. The predicted octanol–water partition coefficient (Wildman–Crippen LogP) is 3.53. The van der Waals surface area contributed by atoms with E-state index in [1.54, 1.807) is 4.90 Å². The third-order valence-electron chi connectivity index (χ3n) is 4.43. The summed E-state index contributed by atoms with van der Waals surface area (Å²) in [7, 11) is 0. The summed E-state index contributed by atoms with van der Waals surface area (Å²) in [5.41, 5.74) is -0.510. The van der Waals surface area contributed by atoms with E-state index in [1.165, 1.54) is 32.1 Å². The zero-order valence-corrected chi connectivity index (χ0v) is 12.9. The van der Waals surface area contributed by atoms with Crippen molar-refractivity contribution in [2.75, 3.05) is 0 Å². The second-order valence-electron chi connectivity index (χ2n) is 7.13. The molecule has 2 fully saturated rings. The van der Waals surface area contributed by atoms with Gasteiger partial charge in [0.15, 0.2) is 0 Å². The van der Waals surface area contributed by atoms with Crippen LogP contribution in [0.1, 0.15) is 65.7 Å². The van der Waals surface area contributed by atoms with Crippen LogP contribution in [-0.2, 0) is 9.53 Å². The molecule has 1 saturated carbocycles. The Labute approximate surface area is 121 Å². The normalized spacial score (nSPS) is 28.4. The minimum atomic E-state index is -0.510. The lowest BCUT2D eigenvalue weighted by atomic mass is 9.83. The Morgan fingerprint density at radius 3 is 2.30 bits per heavy atom. The molecule has 4 heteroatoms. The number of ether oxygens (including phenoxy) is 1. The summed E-state index contributed by atoms with van der Waals surface area (Å²) < 4.78 is 5.50. The molecule has 2 rings (SSSR count). The molecule has 0 aromatic rings. The van der Waals surface area contributed by atoms with E-state index in [0.29, 0.717) is 5.92 Å². The zero-order chi connectivity index (χ0) is 14.8. The van der Waals surface area contributed by atoms with Crippen molar-refractivity contribution in [1.82, 2.24) is 4.90 Å². The molecule has 1 amide bonds. The molecule has 1 aliphatic carbocycles. The fraction of sp³-hybridized carbons (Fsp3) is 0.875. The van der Waals surface area contributed by atoms with Crippen LogP contribution in [0.4, 0.5) is 4.79 Å². The van der Waals surface area contributed by atoms with Crippen molar-refractivity contribution >= 4 is 12.4 Å². The number of rotatable bonds is 2. The number of amides is 1. The van der Waals surface area contributed by atoms with E-state index in [1.807, 2.05) is 20.8 Å². The Bertz CT molecular complexity index is 355. The van der Waals surface area contributed by atoms with Gasteiger partial charge in [-0.05, 0) is 52.4 Å². The molecule has 0 N–H and O–H groups in total. The highest BCUT2D eigenvalue weighted by Crippen LogP contribution is 2.37. The standard InChI is InChI=1S/C16H27NO3/c1-16(2,3)20-15(19)17-13(11-18)9-10-14(17)12-7-5-4-6-8-12/h11-14H,4-10H2,1-3H3/t13-,14+/m1/s1. The molecule has 114 valence electrons. The molecule has 1 aliphatic heterocycles. The minimum Gasteiger partial charge on any atom is -0.444 e. The van der Waals surface area contributed by atoms with E-state index >= 15 is 0 Å². The summed E-state index contributed by atoms with van der Waals surface area (Å²) in [6.45, 7) is 5.60. The molecule has 0 aromatic heterocycles. The summed E-state index contributed by atoms with van der Waals surface area (Å²) in [6.07, 6.45) is 8.45. The van der Waals surface area contributed by atoms with Crippen molar-refractivity contribution in [1.29, 1.82) is 0 Å². The van der Waals surface area contributed by atoms with Crippen LogP contribution in [-0.4, -0.2) is 35.0 Å². The fourth-order valence-electron chi connectivity index (χ4n) is 3.57. The van der Waals surface area contributed by atoms with E-state index in [0.717, 1.165) is 19.1 Å². The first-order valence-corrected chi connectivity index (χ1v) is 7.89. The van der Waals surface area contributed by atoms with Crippen LogP contribution >= 0.6 is 0 Å². The highest BCUT2D eigenvalue weighted by molar-refractivity contribution is 5.75. The lowest BCUT2D eigenvalue weighted by molar-refractivity contribution is -0.112.